The van der Waals surface area contributed by atoms with Crippen LogP contribution in [0.4, 0.5) is 24.5 Å². The van der Waals surface area contributed by atoms with Crippen molar-refractivity contribution in [1.29, 1.82) is 5.26 Å². The minimum absolute atomic E-state index is 0.142. The van der Waals surface area contributed by atoms with Crippen LogP contribution in [0.25, 0.3) is 0 Å². The largest absolute Gasteiger partial charge is 0.493 e. The normalized spacial score (nSPS) is 11.2. The number of nitro benzene ring substituents is 1. The van der Waals surface area contributed by atoms with Crippen LogP contribution in [-0.2, 0) is 12.8 Å². The summed E-state index contributed by atoms with van der Waals surface area (Å²) in [4.78, 5) is 10.3. The molecule has 0 saturated carbocycles. The molecule has 3 aromatic rings. The first-order valence-corrected chi connectivity index (χ1v) is 10.8. The molecule has 0 saturated heterocycles. The third-order valence-electron chi connectivity index (χ3n) is 4.68. The van der Waals surface area contributed by atoms with Gasteiger partial charge >= 0.3 is 6.18 Å². The van der Waals surface area contributed by atoms with Crippen molar-refractivity contribution in [3.05, 3.63) is 90.5 Å². The third kappa shape index (κ3) is 6.38. The van der Waals surface area contributed by atoms with E-state index >= 15 is 0 Å². The second-order valence-corrected chi connectivity index (χ2v) is 8.11. The maximum absolute atomic E-state index is 12.9. The third-order valence-corrected chi connectivity index (χ3v) is 5.48. The minimum Gasteiger partial charge on any atom is -0.493 e. The Kier molecular flexibility index (Phi) is 8.13. The van der Waals surface area contributed by atoms with Crippen LogP contribution in [0.3, 0.4) is 0 Å². The summed E-state index contributed by atoms with van der Waals surface area (Å²) in [6.45, 7) is 0.142. The lowest BCUT2D eigenvalue weighted by Gasteiger charge is -2.14. The van der Waals surface area contributed by atoms with Crippen LogP contribution < -0.4 is 14.9 Å². The highest BCUT2D eigenvalue weighted by Gasteiger charge is 2.33. The van der Waals surface area contributed by atoms with Crippen molar-refractivity contribution in [2.24, 2.45) is 5.10 Å². The first-order valence-electron chi connectivity index (χ1n) is 9.77. The molecule has 0 aliphatic rings. The van der Waals surface area contributed by atoms with E-state index in [0.717, 1.165) is 12.1 Å². The lowest BCUT2D eigenvalue weighted by molar-refractivity contribution is -0.384. The average Bonchev–Trinajstić information content (AvgIpc) is 2.82. The summed E-state index contributed by atoms with van der Waals surface area (Å²) in [6, 6.07) is 14.6. The average molecular weight is 596 g/mol. The van der Waals surface area contributed by atoms with Gasteiger partial charge in [-0.05, 0) is 58.5 Å². The van der Waals surface area contributed by atoms with E-state index in [-0.39, 0.29) is 12.3 Å². The number of methoxy groups -OCH3 is 1. The smallest absolute Gasteiger partial charge is 0.416 e. The van der Waals surface area contributed by atoms with E-state index in [2.05, 4.69) is 16.6 Å². The molecule has 0 bridgehead atoms. The Hall–Kier alpha value is -3.86. The van der Waals surface area contributed by atoms with Gasteiger partial charge in [0, 0.05) is 11.6 Å². The predicted molar refractivity (Wildman–Crippen MR) is 131 cm³/mol. The van der Waals surface area contributed by atoms with Gasteiger partial charge in [-0.2, -0.15) is 23.5 Å². The number of nitro groups is 1. The maximum atomic E-state index is 12.9. The summed E-state index contributed by atoms with van der Waals surface area (Å²) in [6.07, 6.45) is -3.37. The number of nitrogens with one attached hydrogen (secondary N) is 1. The van der Waals surface area contributed by atoms with Gasteiger partial charge in [0.1, 0.15) is 12.3 Å². The molecule has 0 atom stereocenters. The van der Waals surface area contributed by atoms with Gasteiger partial charge < -0.3 is 9.47 Å². The minimum atomic E-state index is -4.71. The van der Waals surface area contributed by atoms with Crippen molar-refractivity contribution in [2.75, 3.05) is 12.5 Å². The second-order valence-electron chi connectivity index (χ2n) is 6.95. The summed E-state index contributed by atoms with van der Waals surface area (Å²) >= 11 is 2.04. The van der Waals surface area contributed by atoms with E-state index in [9.17, 15) is 28.5 Å². The van der Waals surface area contributed by atoms with Gasteiger partial charge in [0.15, 0.2) is 11.5 Å². The first-order chi connectivity index (χ1) is 16.6. The number of nitriles is 1. The number of ether oxygens (including phenoxy) is 2. The molecule has 12 heteroatoms. The van der Waals surface area contributed by atoms with Crippen molar-refractivity contribution < 1.29 is 27.6 Å². The number of rotatable bonds is 8. The highest BCUT2D eigenvalue weighted by molar-refractivity contribution is 14.1. The molecule has 0 fully saturated rings. The molecule has 0 spiro atoms. The van der Waals surface area contributed by atoms with Crippen LogP contribution in [0.2, 0.25) is 0 Å². The second kappa shape index (κ2) is 11.0. The molecule has 0 radical (unpaired) electrons. The Labute approximate surface area is 211 Å². The van der Waals surface area contributed by atoms with E-state index < -0.39 is 22.4 Å². The molecule has 180 valence electrons. The van der Waals surface area contributed by atoms with Crippen molar-refractivity contribution >= 4 is 40.2 Å². The van der Waals surface area contributed by atoms with Gasteiger partial charge in [0.05, 0.1) is 39.0 Å². The summed E-state index contributed by atoms with van der Waals surface area (Å²) in [7, 11) is 1.45. The Morgan fingerprint density at radius 3 is 2.63 bits per heavy atom. The molecular weight excluding hydrogens is 580 g/mol. The summed E-state index contributed by atoms with van der Waals surface area (Å²) in [5.41, 5.74) is 2.06. The molecule has 1 N–H and O–H groups in total. The summed E-state index contributed by atoms with van der Waals surface area (Å²) in [5.74, 6) is 0.831. The quantitative estimate of drug-likeness (QED) is 0.145. The van der Waals surface area contributed by atoms with Crippen LogP contribution in [0.5, 0.6) is 11.5 Å². The van der Waals surface area contributed by atoms with Gasteiger partial charge in [0.25, 0.3) is 5.69 Å². The molecule has 0 unspecified atom stereocenters. The Morgan fingerprint density at radius 2 is 1.97 bits per heavy atom. The first kappa shape index (κ1) is 25.8. The van der Waals surface area contributed by atoms with Gasteiger partial charge in [-0.25, -0.2) is 0 Å². The molecule has 0 aliphatic heterocycles. The van der Waals surface area contributed by atoms with Crippen LogP contribution in [0, 0.1) is 25.0 Å². The van der Waals surface area contributed by atoms with E-state index in [0.29, 0.717) is 37.8 Å². The zero-order valence-corrected chi connectivity index (χ0v) is 20.1. The molecule has 3 aromatic carbocycles. The van der Waals surface area contributed by atoms with Crippen molar-refractivity contribution in [3.63, 3.8) is 0 Å². The summed E-state index contributed by atoms with van der Waals surface area (Å²) < 4.78 is 50.5. The van der Waals surface area contributed by atoms with Gasteiger partial charge in [-0.15, -0.1) is 0 Å². The lowest BCUT2D eigenvalue weighted by atomic mass is 10.1. The monoisotopic (exact) mass is 596 g/mol. The van der Waals surface area contributed by atoms with Crippen molar-refractivity contribution in [3.8, 4) is 17.6 Å². The standard InChI is InChI=1S/C23H16F3IN4O4/c1-34-21-9-14(8-18(27)22(21)35-13-16-5-3-2-4-15(16)11-28)12-29-30-19-7-6-17(23(24,25)26)10-20(19)31(32)33/h2-10,12,30H,13H2,1H3/b29-12-. The van der Waals surface area contributed by atoms with Crippen molar-refractivity contribution in [2.45, 2.75) is 12.8 Å². The molecule has 0 amide bonds. The van der Waals surface area contributed by atoms with Crippen molar-refractivity contribution in [1.82, 2.24) is 0 Å². The predicted octanol–water partition coefficient (Wildman–Crippen LogP) is 6.12. The van der Waals surface area contributed by atoms with Crippen LogP contribution >= 0.6 is 22.6 Å². The number of alkyl halides is 3. The van der Waals surface area contributed by atoms with Gasteiger partial charge in [-0.3, -0.25) is 15.5 Å². The van der Waals surface area contributed by atoms with E-state index in [4.69, 9.17) is 9.47 Å². The number of hydrogen-bond acceptors (Lipinski definition) is 7. The van der Waals surface area contributed by atoms with Crippen LogP contribution in [0.15, 0.2) is 59.7 Å². The zero-order chi connectivity index (χ0) is 25.6. The Morgan fingerprint density at radius 1 is 1.23 bits per heavy atom. The van der Waals surface area contributed by atoms with E-state index in [1.165, 1.54) is 13.3 Å². The van der Waals surface area contributed by atoms with E-state index in [1.807, 2.05) is 22.6 Å². The molecule has 0 heterocycles. The summed E-state index contributed by atoms with van der Waals surface area (Å²) in [5, 5.41) is 24.3. The number of anilines is 1. The van der Waals surface area contributed by atoms with E-state index in [1.54, 1.807) is 36.4 Å². The molecular formula is C23H16F3IN4O4. The Balaban J connectivity index is 1.79. The van der Waals surface area contributed by atoms with Gasteiger partial charge in [-0.1, -0.05) is 18.2 Å². The zero-order valence-electron chi connectivity index (χ0n) is 18.0. The molecule has 35 heavy (non-hydrogen) atoms. The fourth-order valence-electron chi connectivity index (χ4n) is 2.99. The fourth-order valence-corrected chi connectivity index (χ4v) is 3.77. The topological polar surface area (TPSA) is 110 Å². The highest BCUT2D eigenvalue weighted by atomic mass is 127. The molecule has 3 rings (SSSR count). The number of hydrogen-bond donors (Lipinski definition) is 1. The molecule has 8 nitrogen and oxygen atoms in total. The van der Waals surface area contributed by atoms with Crippen LogP contribution in [0.1, 0.15) is 22.3 Å². The highest BCUT2D eigenvalue weighted by Crippen LogP contribution is 2.36. The number of halogens is 4. The van der Waals surface area contributed by atoms with Crippen LogP contribution in [-0.4, -0.2) is 18.2 Å². The van der Waals surface area contributed by atoms with Gasteiger partial charge in [0.2, 0.25) is 0 Å². The molecule has 0 aliphatic carbocycles. The fraction of sp³-hybridized carbons (Fsp3) is 0.130. The lowest BCUT2D eigenvalue weighted by Crippen LogP contribution is -2.06. The maximum Gasteiger partial charge on any atom is 0.416 e. The Bertz CT molecular complexity index is 1320. The number of hydrazone groups is 1. The SMILES string of the molecule is COc1cc(/C=N\Nc2ccc(C(F)(F)F)cc2[N+](=O)[O-])cc(I)c1OCc1ccccc1C#N. The number of nitrogens with zero attached hydrogens (tertiary/aromatic N) is 3. The molecule has 0 aromatic heterocycles. The number of benzene rings is 3.